The number of ether oxygens (including phenoxy) is 1. The lowest BCUT2D eigenvalue weighted by Gasteiger charge is -2.31. The van der Waals surface area contributed by atoms with Crippen molar-refractivity contribution in [2.45, 2.75) is 38.9 Å². The summed E-state index contributed by atoms with van der Waals surface area (Å²) >= 11 is 0. The molecule has 2 aliphatic heterocycles. The minimum atomic E-state index is -0.442. The number of hydrogen-bond donors (Lipinski definition) is 4. The molecule has 0 spiro atoms. The van der Waals surface area contributed by atoms with E-state index in [4.69, 9.17) is 4.74 Å². The highest BCUT2D eigenvalue weighted by atomic mass is 16.5. The lowest BCUT2D eigenvalue weighted by atomic mass is 9.82. The highest BCUT2D eigenvalue weighted by Gasteiger charge is 2.55. The molecule has 0 aromatic heterocycles. The molecular formula is C23H29N3O4. The molecule has 4 N–H and O–H groups in total. The molecule has 7 nitrogen and oxygen atoms in total. The Labute approximate surface area is 176 Å². The number of nitrogens with zero attached hydrogens (tertiary/aromatic N) is 1. The molecule has 2 saturated heterocycles. The second kappa shape index (κ2) is 8.26. The summed E-state index contributed by atoms with van der Waals surface area (Å²) in [6.45, 7) is 6.51. The Morgan fingerprint density at radius 2 is 1.90 bits per heavy atom. The van der Waals surface area contributed by atoms with Gasteiger partial charge < -0.3 is 19.8 Å². The molecule has 2 aromatic carbocycles. The fourth-order valence-electron chi connectivity index (χ4n) is 4.91. The van der Waals surface area contributed by atoms with Gasteiger partial charge in [0, 0.05) is 18.0 Å². The van der Waals surface area contributed by atoms with Gasteiger partial charge in [0.25, 0.3) is 0 Å². The number of hydrazine groups is 1. The summed E-state index contributed by atoms with van der Waals surface area (Å²) in [6.07, 6.45) is 0. The maximum absolute atomic E-state index is 13.2. The lowest BCUT2D eigenvalue weighted by Crippen LogP contribution is -2.42. The van der Waals surface area contributed by atoms with Crippen LogP contribution in [0.1, 0.15) is 41.3 Å². The summed E-state index contributed by atoms with van der Waals surface area (Å²) in [5.74, 6) is 0.780. The van der Waals surface area contributed by atoms with Crippen LogP contribution in [-0.2, 0) is 4.79 Å². The van der Waals surface area contributed by atoms with Gasteiger partial charge in [0.2, 0.25) is 5.91 Å². The Morgan fingerprint density at radius 1 is 1.13 bits per heavy atom. The standard InChI is InChI=1S/C23H29N3O4/c1-4-30-16-7-5-6-15(12-16)21-18-19(17-11-13(2)10-14(3)22(17)28)24-25-20(18)23(29)26(21)8-9-27/h5-7,10-12,18-21,24-25,27-28H,4,8-9H2,1-3H3. The van der Waals surface area contributed by atoms with Gasteiger partial charge in [0.1, 0.15) is 17.5 Å². The van der Waals surface area contributed by atoms with E-state index in [1.54, 1.807) is 4.90 Å². The molecular weight excluding hydrogens is 382 g/mol. The number of aromatic hydroxyl groups is 1. The third-order valence-electron chi connectivity index (χ3n) is 6.07. The Hall–Kier alpha value is -2.61. The molecule has 1 amide bonds. The Bertz CT molecular complexity index is 948. The minimum Gasteiger partial charge on any atom is -0.507 e. The first-order valence-electron chi connectivity index (χ1n) is 10.4. The van der Waals surface area contributed by atoms with Crippen LogP contribution in [0.5, 0.6) is 11.5 Å². The summed E-state index contributed by atoms with van der Waals surface area (Å²) in [6, 6.07) is 10.7. The lowest BCUT2D eigenvalue weighted by molar-refractivity contribution is -0.131. The number of amides is 1. The maximum atomic E-state index is 13.2. The van der Waals surface area contributed by atoms with Crippen molar-refractivity contribution in [1.29, 1.82) is 0 Å². The van der Waals surface area contributed by atoms with Crippen molar-refractivity contribution < 1.29 is 19.7 Å². The van der Waals surface area contributed by atoms with E-state index in [9.17, 15) is 15.0 Å². The molecule has 4 atom stereocenters. The first-order valence-corrected chi connectivity index (χ1v) is 10.4. The van der Waals surface area contributed by atoms with E-state index in [0.29, 0.717) is 6.61 Å². The van der Waals surface area contributed by atoms with Gasteiger partial charge >= 0.3 is 0 Å². The fraction of sp³-hybridized carbons (Fsp3) is 0.435. The van der Waals surface area contributed by atoms with Crippen LogP contribution in [0.15, 0.2) is 36.4 Å². The zero-order valence-corrected chi connectivity index (χ0v) is 17.6. The van der Waals surface area contributed by atoms with Crippen LogP contribution in [0.3, 0.4) is 0 Å². The predicted molar refractivity (Wildman–Crippen MR) is 113 cm³/mol. The summed E-state index contributed by atoms with van der Waals surface area (Å²) in [5, 5.41) is 20.4. The van der Waals surface area contributed by atoms with Gasteiger partial charge in [-0.1, -0.05) is 29.8 Å². The number of β-amino-alcohol motifs (C(OH)–C–C–N with tert-alkyl or cyclic N) is 1. The van der Waals surface area contributed by atoms with Crippen LogP contribution >= 0.6 is 0 Å². The Balaban J connectivity index is 1.80. The number of benzene rings is 2. The van der Waals surface area contributed by atoms with Crippen molar-refractivity contribution >= 4 is 5.91 Å². The molecule has 4 rings (SSSR count). The van der Waals surface area contributed by atoms with E-state index < -0.39 is 6.04 Å². The number of carbonyl (C=O) groups excluding carboxylic acids is 1. The van der Waals surface area contributed by atoms with Gasteiger partial charge in [-0.25, -0.2) is 10.9 Å². The number of rotatable bonds is 6. The molecule has 7 heteroatoms. The van der Waals surface area contributed by atoms with Gasteiger partial charge in [0.05, 0.1) is 25.3 Å². The molecule has 30 heavy (non-hydrogen) atoms. The topological polar surface area (TPSA) is 94.1 Å². The third kappa shape index (κ3) is 3.43. The van der Waals surface area contributed by atoms with E-state index >= 15 is 0 Å². The molecule has 0 bridgehead atoms. The van der Waals surface area contributed by atoms with Crippen LogP contribution in [-0.4, -0.2) is 46.8 Å². The second-order valence-corrected chi connectivity index (χ2v) is 8.05. The largest absolute Gasteiger partial charge is 0.507 e. The quantitative estimate of drug-likeness (QED) is 0.582. The first kappa shape index (κ1) is 20.7. The van der Waals surface area contributed by atoms with Crippen LogP contribution in [0.25, 0.3) is 0 Å². The average Bonchev–Trinajstić information content (AvgIpc) is 3.25. The van der Waals surface area contributed by atoms with E-state index in [2.05, 4.69) is 10.9 Å². The van der Waals surface area contributed by atoms with Gasteiger partial charge in [-0.15, -0.1) is 0 Å². The molecule has 2 aromatic rings. The SMILES string of the molecule is CCOc1cccc(C2C3C(NNC3c3cc(C)cc(C)c3O)C(=O)N2CCO)c1. The molecule has 0 radical (unpaired) electrons. The summed E-state index contributed by atoms with van der Waals surface area (Å²) in [7, 11) is 0. The monoisotopic (exact) mass is 411 g/mol. The normalized spacial score (nSPS) is 25.6. The molecule has 2 fully saturated rings. The molecule has 160 valence electrons. The van der Waals surface area contributed by atoms with Gasteiger partial charge in [-0.05, 0) is 44.0 Å². The van der Waals surface area contributed by atoms with E-state index in [-0.39, 0.29) is 42.8 Å². The molecule has 0 aliphatic carbocycles. The van der Waals surface area contributed by atoms with Crippen LogP contribution < -0.4 is 15.6 Å². The number of hydrogen-bond acceptors (Lipinski definition) is 6. The van der Waals surface area contributed by atoms with Gasteiger partial charge in [0.15, 0.2) is 0 Å². The zero-order chi connectivity index (χ0) is 21.4. The van der Waals surface area contributed by atoms with Crippen molar-refractivity contribution in [2.24, 2.45) is 5.92 Å². The van der Waals surface area contributed by atoms with Crippen molar-refractivity contribution in [3.05, 3.63) is 58.7 Å². The Morgan fingerprint density at radius 3 is 2.63 bits per heavy atom. The average molecular weight is 412 g/mol. The molecule has 2 heterocycles. The third-order valence-corrected chi connectivity index (χ3v) is 6.07. The maximum Gasteiger partial charge on any atom is 0.242 e. The van der Waals surface area contributed by atoms with Gasteiger partial charge in [-0.3, -0.25) is 4.79 Å². The van der Waals surface area contributed by atoms with E-state index in [0.717, 1.165) is 28.0 Å². The number of fused-ring (bicyclic) bond motifs is 1. The summed E-state index contributed by atoms with van der Waals surface area (Å²) < 4.78 is 5.68. The number of nitrogens with one attached hydrogen (secondary N) is 2. The number of likely N-dealkylation sites (tertiary alicyclic amines) is 1. The van der Waals surface area contributed by atoms with Crippen molar-refractivity contribution in [3.63, 3.8) is 0 Å². The minimum absolute atomic E-state index is 0.0558. The number of carbonyl (C=O) groups is 1. The highest BCUT2D eigenvalue weighted by molar-refractivity contribution is 5.86. The first-order chi connectivity index (χ1) is 14.5. The number of phenols is 1. The summed E-state index contributed by atoms with van der Waals surface area (Å²) in [4.78, 5) is 14.9. The smallest absolute Gasteiger partial charge is 0.242 e. The number of phenolic OH excluding ortho intramolecular Hbond substituents is 1. The van der Waals surface area contributed by atoms with Crippen molar-refractivity contribution in [3.8, 4) is 11.5 Å². The van der Waals surface area contributed by atoms with Crippen LogP contribution in [0.2, 0.25) is 0 Å². The van der Waals surface area contributed by atoms with Crippen molar-refractivity contribution in [2.75, 3.05) is 19.8 Å². The molecule has 0 saturated carbocycles. The summed E-state index contributed by atoms with van der Waals surface area (Å²) in [5.41, 5.74) is 9.99. The van der Waals surface area contributed by atoms with Crippen molar-refractivity contribution in [1.82, 2.24) is 15.8 Å². The van der Waals surface area contributed by atoms with Crippen LogP contribution in [0, 0.1) is 19.8 Å². The number of aryl methyl sites for hydroxylation is 2. The molecule has 4 unspecified atom stereocenters. The van der Waals surface area contributed by atoms with E-state index in [1.165, 1.54) is 0 Å². The van der Waals surface area contributed by atoms with Crippen LogP contribution in [0.4, 0.5) is 0 Å². The highest BCUT2D eigenvalue weighted by Crippen LogP contribution is 2.49. The predicted octanol–water partition coefficient (Wildman–Crippen LogP) is 2.12. The molecule has 2 aliphatic rings. The fourth-order valence-corrected chi connectivity index (χ4v) is 4.91. The second-order valence-electron chi connectivity index (χ2n) is 8.05. The number of aliphatic hydroxyl groups excluding tert-OH is 1. The Kier molecular flexibility index (Phi) is 5.69. The number of aliphatic hydroxyl groups is 1. The zero-order valence-electron chi connectivity index (χ0n) is 17.6. The van der Waals surface area contributed by atoms with E-state index in [1.807, 2.05) is 57.2 Å². The van der Waals surface area contributed by atoms with Gasteiger partial charge in [-0.2, -0.15) is 0 Å².